The zero-order chi connectivity index (χ0) is 20.9. The summed E-state index contributed by atoms with van der Waals surface area (Å²) in [4.78, 5) is 29.7. The summed E-state index contributed by atoms with van der Waals surface area (Å²) in [5.41, 5.74) is 1.33. The number of aromatic nitrogens is 3. The first-order chi connectivity index (χ1) is 14.6. The molecule has 11 heteroatoms. The molecule has 0 fully saturated rings. The van der Waals surface area contributed by atoms with Gasteiger partial charge in [0.1, 0.15) is 0 Å². The number of anilines is 2. The minimum Gasteiger partial charge on any atom is -0.302 e. The van der Waals surface area contributed by atoms with Gasteiger partial charge in [-0.1, -0.05) is 47.2 Å². The minimum absolute atomic E-state index is 0.0678. The van der Waals surface area contributed by atoms with Gasteiger partial charge in [-0.25, -0.2) is 4.98 Å². The van der Waals surface area contributed by atoms with Crippen LogP contribution in [0.1, 0.15) is 10.6 Å². The van der Waals surface area contributed by atoms with Crippen LogP contribution in [0.25, 0.3) is 10.6 Å². The topological polar surface area (TPSA) is 96.9 Å². The number of carbonyl (C=O) groups excluding carboxylic acids is 2. The number of halogens is 1. The molecule has 2 N–H and O–H groups in total. The molecule has 30 heavy (non-hydrogen) atoms. The zero-order valence-electron chi connectivity index (χ0n) is 15.3. The van der Waals surface area contributed by atoms with E-state index in [9.17, 15) is 9.59 Å². The van der Waals surface area contributed by atoms with E-state index in [0.717, 1.165) is 10.4 Å². The number of hydrogen-bond acceptors (Lipinski definition) is 8. The third-order valence-corrected chi connectivity index (χ3v) is 6.71. The summed E-state index contributed by atoms with van der Waals surface area (Å²) in [6.45, 7) is 0. The predicted octanol–water partition coefficient (Wildman–Crippen LogP) is 4.74. The number of nitrogens with one attached hydrogen (secondary N) is 2. The van der Waals surface area contributed by atoms with Crippen LogP contribution < -0.4 is 10.6 Å². The van der Waals surface area contributed by atoms with Crippen molar-refractivity contribution in [3.05, 3.63) is 62.8 Å². The van der Waals surface area contributed by atoms with Crippen molar-refractivity contribution < 1.29 is 9.59 Å². The lowest BCUT2D eigenvalue weighted by Gasteiger charge is -2.00. The highest BCUT2D eigenvalue weighted by Crippen LogP contribution is 2.31. The van der Waals surface area contributed by atoms with E-state index in [4.69, 9.17) is 11.6 Å². The van der Waals surface area contributed by atoms with Gasteiger partial charge in [0.25, 0.3) is 0 Å². The molecule has 0 unspecified atom stereocenters. The summed E-state index contributed by atoms with van der Waals surface area (Å²) in [6, 6.07) is 11.1. The number of benzene rings is 1. The Labute approximate surface area is 188 Å². The van der Waals surface area contributed by atoms with Gasteiger partial charge in [-0.2, -0.15) is 0 Å². The fraction of sp³-hybridized carbons (Fsp3) is 0.105. The molecule has 2 amide bonds. The van der Waals surface area contributed by atoms with Crippen molar-refractivity contribution in [2.75, 3.05) is 10.6 Å². The average Bonchev–Trinajstić information content (AvgIpc) is 3.46. The van der Waals surface area contributed by atoms with Gasteiger partial charge in [-0.05, 0) is 17.5 Å². The van der Waals surface area contributed by atoms with Gasteiger partial charge in [-0.15, -0.1) is 32.9 Å². The zero-order valence-corrected chi connectivity index (χ0v) is 18.5. The van der Waals surface area contributed by atoms with E-state index < -0.39 is 0 Å². The largest absolute Gasteiger partial charge is 0.302 e. The molecule has 0 aliphatic carbocycles. The maximum atomic E-state index is 12.3. The molecule has 0 saturated heterocycles. The number of rotatable bonds is 7. The fourth-order valence-electron chi connectivity index (χ4n) is 2.53. The van der Waals surface area contributed by atoms with Crippen LogP contribution in [0.15, 0.2) is 47.2 Å². The van der Waals surface area contributed by atoms with E-state index in [1.165, 1.54) is 34.0 Å². The van der Waals surface area contributed by atoms with E-state index >= 15 is 0 Å². The Morgan fingerprint density at radius 3 is 2.53 bits per heavy atom. The monoisotopic (exact) mass is 475 g/mol. The molecule has 0 aliphatic heterocycles. The molecule has 4 aromatic rings. The van der Waals surface area contributed by atoms with Gasteiger partial charge in [0.05, 0.1) is 23.6 Å². The second-order valence-electron chi connectivity index (χ2n) is 6.07. The molecule has 0 spiro atoms. The second-order valence-corrected chi connectivity index (χ2v) is 9.34. The number of thiazole rings is 1. The van der Waals surface area contributed by atoms with Crippen LogP contribution in [-0.4, -0.2) is 27.0 Å². The highest BCUT2D eigenvalue weighted by Gasteiger charge is 2.14. The van der Waals surface area contributed by atoms with Crippen molar-refractivity contribution in [2.24, 2.45) is 0 Å². The number of hydrogen-bond donors (Lipinski definition) is 2. The lowest BCUT2D eigenvalue weighted by Crippen LogP contribution is -2.15. The SMILES string of the molecule is O=C(Cc1cccs1)Nc1nc(CC(=O)Nc2nnc(-c3ccccc3Cl)s2)cs1. The second kappa shape index (κ2) is 9.43. The van der Waals surface area contributed by atoms with E-state index in [1.807, 2.05) is 35.7 Å². The molecule has 0 saturated carbocycles. The summed E-state index contributed by atoms with van der Waals surface area (Å²) in [7, 11) is 0. The summed E-state index contributed by atoms with van der Waals surface area (Å²) in [5, 5.41) is 19.3. The molecule has 0 bridgehead atoms. The third kappa shape index (κ3) is 5.28. The first-order valence-corrected chi connectivity index (χ1v) is 11.7. The van der Waals surface area contributed by atoms with Gasteiger partial charge >= 0.3 is 0 Å². The van der Waals surface area contributed by atoms with Gasteiger partial charge in [0.15, 0.2) is 10.1 Å². The summed E-state index contributed by atoms with van der Waals surface area (Å²) >= 11 is 10.2. The molecule has 3 heterocycles. The Kier molecular flexibility index (Phi) is 6.48. The number of nitrogens with zero attached hydrogens (tertiary/aromatic N) is 3. The number of amides is 2. The summed E-state index contributed by atoms with van der Waals surface area (Å²) in [6.07, 6.45) is 0.371. The van der Waals surface area contributed by atoms with Crippen LogP contribution in [-0.2, 0) is 22.4 Å². The quantitative estimate of drug-likeness (QED) is 0.402. The first kappa shape index (κ1) is 20.6. The molecule has 152 valence electrons. The predicted molar refractivity (Wildman–Crippen MR) is 121 cm³/mol. The van der Waals surface area contributed by atoms with Gasteiger partial charge < -0.3 is 10.6 Å². The van der Waals surface area contributed by atoms with E-state index in [-0.39, 0.29) is 18.2 Å². The van der Waals surface area contributed by atoms with Crippen molar-refractivity contribution in [2.45, 2.75) is 12.8 Å². The van der Waals surface area contributed by atoms with Crippen molar-refractivity contribution >= 4 is 67.7 Å². The molecule has 0 atom stereocenters. The van der Waals surface area contributed by atoms with Crippen molar-refractivity contribution in [1.82, 2.24) is 15.2 Å². The molecular formula is C19H14ClN5O2S3. The van der Waals surface area contributed by atoms with E-state index in [0.29, 0.717) is 32.4 Å². The first-order valence-electron chi connectivity index (χ1n) is 8.72. The normalized spacial score (nSPS) is 10.7. The molecule has 0 aliphatic rings. The Morgan fingerprint density at radius 2 is 1.73 bits per heavy atom. The molecule has 1 aromatic carbocycles. The third-order valence-electron chi connectivity index (χ3n) is 3.83. The van der Waals surface area contributed by atoms with Gasteiger partial charge in [0.2, 0.25) is 16.9 Å². The highest BCUT2D eigenvalue weighted by atomic mass is 35.5. The Morgan fingerprint density at radius 1 is 0.933 bits per heavy atom. The average molecular weight is 476 g/mol. The fourth-order valence-corrected chi connectivity index (χ4v) is 5.04. The van der Waals surface area contributed by atoms with E-state index in [2.05, 4.69) is 25.8 Å². The van der Waals surface area contributed by atoms with Crippen LogP contribution in [0, 0.1) is 0 Å². The van der Waals surface area contributed by atoms with Crippen LogP contribution >= 0.6 is 45.6 Å². The molecule has 0 radical (unpaired) electrons. The maximum absolute atomic E-state index is 12.3. The highest BCUT2D eigenvalue weighted by molar-refractivity contribution is 7.18. The van der Waals surface area contributed by atoms with Gasteiger partial charge in [0, 0.05) is 15.8 Å². The van der Waals surface area contributed by atoms with Crippen molar-refractivity contribution in [3.63, 3.8) is 0 Å². The Bertz CT molecular complexity index is 1170. The minimum atomic E-state index is -0.265. The molecule has 3 aromatic heterocycles. The molecule has 4 rings (SSSR count). The van der Waals surface area contributed by atoms with E-state index in [1.54, 1.807) is 11.4 Å². The summed E-state index contributed by atoms with van der Waals surface area (Å²) < 4.78 is 0. The van der Waals surface area contributed by atoms with Crippen LogP contribution in [0.3, 0.4) is 0 Å². The van der Waals surface area contributed by atoms with Crippen LogP contribution in [0.4, 0.5) is 10.3 Å². The standard InChI is InChI=1S/C19H14ClN5O2S3/c20-14-6-2-1-5-13(14)17-24-25-19(30-17)23-15(26)8-11-10-29-18(21-11)22-16(27)9-12-4-3-7-28-12/h1-7,10H,8-9H2,(H,21,22,27)(H,23,25,26). The van der Waals surface area contributed by atoms with Crippen LogP contribution in [0.2, 0.25) is 5.02 Å². The molecule has 7 nitrogen and oxygen atoms in total. The number of thiophene rings is 1. The smallest absolute Gasteiger partial charge is 0.232 e. The molecular weight excluding hydrogens is 462 g/mol. The van der Waals surface area contributed by atoms with Gasteiger partial charge in [-0.3, -0.25) is 9.59 Å². The maximum Gasteiger partial charge on any atom is 0.232 e. The van der Waals surface area contributed by atoms with Crippen LogP contribution in [0.5, 0.6) is 0 Å². The summed E-state index contributed by atoms with van der Waals surface area (Å²) in [5.74, 6) is -0.401. The lowest BCUT2D eigenvalue weighted by molar-refractivity contribution is -0.116. The Hall–Kier alpha value is -2.66. The van der Waals surface area contributed by atoms with Crippen molar-refractivity contribution in [1.29, 1.82) is 0 Å². The van der Waals surface area contributed by atoms with Crippen molar-refractivity contribution in [3.8, 4) is 10.6 Å². The number of carbonyl (C=O) groups is 2. The Balaban J connectivity index is 1.32. The lowest BCUT2D eigenvalue weighted by atomic mass is 10.2.